The summed E-state index contributed by atoms with van der Waals surface area (Å²) < 4.78 is 22.0. The Hall–Kier alpha value is -1.07. The maximum absolute atomic E-state index is 11.0. The molecule has 0 heterocycles. The van der Waals surface area contributed by atoms with Crippen LogP contribution in [0.4, 0.5) is 5.69 Å². The van der Waals surface area contributed by atoms with Crippen LogP contribution < -0.4 is 10.5 Å². The fourth-order valence-corrected chi connectivity index (χ4v) is 1.99. The van der Waals surface area contributed by atoms with Crippen molar-refractivity contribution in [1.29, 1.82) is 0 Å². The normalized spacial score (nSPS) is 24.9. The summed E-state index contributed by atoms with van der Waals surface area (Å²) in [5, 5.41) is 8.30. The maximum atomic E-state index is 11.0. The van der Waals surface area contributed by atoms with Gasteiger partial charge in [-0.3, -0.25) is 0 Å². The van der Waals surface area contributed by atoms with Gasteiger partial charge in [0.2, 0.25) is 10.0 Å². The van der Waals surface area contributed by atoms with E-state index >= 15 is 0 Å². The van der Waals surface area contributed by atoms with Gasteiger partial charge in [0.05, 0.1) is 4.90 Å². The predicted molar refractivity (Wildman–Crippen MR) is 59.0 cm³/mol. The van der Waals surface area contributed by atoms with Gasteiger partial charge in [-0.2, -0.15) is 0 Å². The number of benzene rings is 1. The molecule has 3 N–H and O–H groups in total. The summed E-state index contributed by atoms with van der Waals surface area (Å²) in [5.41, 5.74) is 0.941. The molecule has 0 spiro atoms. The molecular formula is C10H14N2O2S. The first-order chi connectivity index (χ1) is 6.97. The summed E-state index contributed by atoms with van der Waals surface area (Å²) in [5.74, 6) is 0.711. The van der Waals surface area contributed by atoms with Crippen LogP contribution in [0, 0.1) is 5.92 Å². The lowest BCUT2D eigenvalue weighted by atomic mass is 10.3. The lowest BCUT2D eigenvalue weighted by Crippen LogP contribution is -2.12. The largest absolute Gasteiger partial charge is 0.382 e. The minimum atomic E-state index is -3.57. The molecule has 0 amide bonds. The third-order valence-electron chi connectivity index (χ3n) is 2.64. The number of nitrogens with two attached hydrogens (primary N) is 1. The molecule has 1 saturated carbocycles. The molecule has 0 bridgehead atoms. The van der Waals surface area contributed by atoms with Crippen LogP contribution in [-0.2, 0) is 10.0 Å². The number of anilines is 1. The second kappa shape index (κ2) is 3.50. The van der Waals surface area contributed by atoms with E-state index in [2.05, 4.69) is 12.2 Å². The molecule has 0 aliphatic heterocycles. The van der Waals surface area contributed by atoms with E-state index in [1.165, 1.54) is 18.6 Å². The summed E-state index contributed by atoms with van der Waals surface area (Å²) in [6, 6.07) is 7.05. The third kappa shape index (κ3) is 2.49. The molecule has 1 aromatic carbocycles. The molecule has 82 valence electrons. The fourth-order valence-electron chi connectivity index (χ4n) is 1.48. The Labute approximate surface area is 89.5 Å². The molecule has 0 radical (unpaired) electrons. The molecule has 5 heteroatoms. The van der Waals surface area contributed by atoms with Gasteiger partial charge >= 0.3 is 0 Å². The van der Waals surface area contributed by atoms with Crippen LogP contribution in [0.5, 0.6) is 0 Å². The Morgan fingerprint density at radius 1 is 1.33 bits per heavy atom. The predicted octanol–water partition coefficient (Wildman–Crippen LogP) is 1.15. The average Bonchev–Trinajstić information content (AvgIpc) is 2.81. The minimum absolute atomic E-state index is 0.150. The second-order valence-corrected chi connectivity index (χ2v) is 5.59. The molecule has 0 saturated heterocycles. The second-order valence-electron chi connectivity index (χ2n) is 4.03. The van der Waals surface area contributed by atoms with Crippen LogP contribution in [-0.4, -0.2) is 14.5 Å². The van der Waals surface area contributed by atoms with Gasteiger partial charge in [0.25, 0.3) is 0 Å². The molecule has 1 aromatic rings. The van der Waals surface area contributed by atoms with Gasteiger partial charge in [0.15, 0.2) is 0 Å². The highest BCUT2D eigenvalue weighted by atomic mass is 32.2. The molecule has 1 fully saturated rings. The standard InChI is InChI=1S/C10H14N2O2S/c1-7-6-10(7)12-8-2-4-9(5-3-8)15(11,13)14/h2-5,7,10,12H,6H2,1H3,(H2,11,13,14). The molecule has 2 unspecified atom stereocenters. The van der Waals surface area contributed by atoms with Crippen molar-refractivity contribution in [3.63, 3.8) is 0 Å². The van der Waals surface area contributed by atoms with E-state index in [4.69, 9.17) is 5.14 Å². The first-order valence-electron chi connectivity index (χ1n) is 4.86. The smallest absolute Gasteiger partial charge is 0.238 e. The highest BCUT2D eigenvalue weighted by molar-refractivity contribution is 7.89. The number of sulfonamides is 1. The first kappa shape index (κ1) is 10.4. The van der Waals surface area contributed by atoms with Crippen LogP contribution >= 0.6 is 0 Å². The van der Waals surface area contributed by atoms with Crippen molar-refractivity contribution in [1.82, 2.24) is 0 Å². The van der Waals surface area contributed by atoms with Gasteiger partial charge in [-0.1, -0.05) is 6.92 Å². The summed E-state index contributed by atoms with van der Waals surface area (Å²) >= 11 is 0. The summed E-state index contributed by atoms with van der Waals surface area (Å²) in [4.78, 5) is 0.150. The quantitative estimate of drug-likeness (QED) is 0.812. The lowest BCUT2D eigenvalue weighted by Gasteiger charge is -2.05. The van der Waals surface area contributed by atoms with Crippen LogP contribution in [0.25, 0.3) is 0 Å². The van der Waals surface area contributed by atoms with E-state index in [1.807, 2.05) is 0 Å². The SMILES string of the molecule is CC1CC1Nc1ccc(S(N)(=O)=O)cc1. The van der Waals surface area contributed by atoms with E-state index in [0.29, 0.717) is 12.0 Å². The van der Waals surface area contributed by atoms with Crippen molar-refractivity contribution < 1.29 is 8.42 Å². The van der Waals surface area contributed by atoms with Crippen molar-refractivity contribution in [2.75, 3.05) is 5.32 Å². The van der Waals surface area contributed by atoms with Crippen LogP contribution in [0.15, 0.2) is 29.2 Å². The van der Waals surface area contributed by atoms with Crippen LogP contribution in [0.1, 0.15) is 13.3 Å². The number of primary sulfonamides is 1. The van der Waals surface area contributed by atoms with Gasteiger partial charge in [-0.05, 0) is 36.6 Å². The summed E-state index contributed by atoms with van der Waals surface area (Å²) in [6.07, 6.45) is 1.18. The molecule has 15 heavy (non-hydrogen) atoms. The van der Waals surface area contributed by atoms with E-state index in [1.54, 1.807) is 12.1 Å². The Balaban J connectivity index is 2.10. The van der Waals surface area contributed by atoms with E-state index in [-0.39, 0.29) is 4.90 Å². The molecule has 0 aromatic heterocycles. The van der Waals surface area contributed by atoms with E-state index in [0.717, 1.165) is 5.69 Å². The minimum Gasteiger partial charge on any atom is -0.382 e. The number of rotatable bonds is 3. The zero-order chi connectivity index (χ0) is 11.1. The Morgan fingerprint density at radius 3 is 2.27 bits per heavy atom. The van der Waals surface area contributed by atoms with Gasteiger partial charge in [-0.15, -0.1) is 0 Å². The maximum Gasteiger partial charge on any atom is 0.238 e. The topological polar surface area (TPSA) is 72.2 Å². The average molecular weight is 226 g/mol. The summed E-state index contributed by atoms with van der Waals surface area (Å²) in [6.45, 7) is 2.18. The molecular weight excluding hydrogens is 212 g/mol. The highest BCUT2D eigenvalue weighted by Gasteiger charge is 2.32. The van der Waals surface area contributed by atoms with Crippen molar-refractivity contribution in [3.05, 3.63) is 24.3 Å². The van der Waals surface area contributed by atoms with Crippen molar-refractivity contribution in [2.24, 2.45) is 11.1 Å². The lowest BCUT2D eigenvalue weighted by molar-refractivity contribution is 0.598. The van der Waals surface area contributed by atoms with Crippen LogP contribution in [0.2, 0.25) is 0 Å². The van der Waals surface area contributed by atoms with Crippen LogP contribution in [0.3, 0.4) is 0 Å². The van der Waals surface area contributed by atoms with E-state index < -0.39 is 10.0 Å². The molecule has 2 atom stereocenters. The van der Waals surface area contributed by atoms with Crippen molar-refractivity contribution >= 4 is 15.7 Å². The summed E-state index contributed by atoms with van der Waals surface area (Å²) in [7, 11) is -3.57. The zero-order valence-electron chi connectivity index (χ0n) is 8.47. The van der Waals surface area contributed by atoms with Gasteiger partial charge in [0, 0.05) is 11.7 Å². The third-order valence-corrected chi connectivity index (χ3v) is 3.57. The fraction of sp³-hybridized carbons (Fsp3) is 0.400. The van der Waals surface area contributed by atoms with Gasteiger partial charge in [-0.25, -0.2) is 13.6 Å². The highest BCUT2D eigenvalue weighted by Crippen LogP contribution is 2.32. The molecule has 4 nitrogen and oxygen atoms in total. The Kier molecular flexibility index (Phi) is 2.44. The number of hydrogen-bond acceptors (Lipinski definition) is 3. The molecule has 1 aliphatic rings. The number of hydrogen-bond donors (Lipinski definition) is 2. The Bertz CT molecular complexity index is 453. The van der Waals surface area contributed by atoms with E-state index in [9.17, 15) is 8.42 Å². The monoisotopic (exact) mass is 226 g/mol. The van der Waals surface area contributed by atoms with Gasteiger partial charge in [0.1, 0.15) is 0 Å². The zero-order valence-corrected chi connectivity index (χ0v) is 9.29. The molecule has 1 aliphatic carbocycles. The van der Waals surface area contributed by atoms with Crippen molar-refractivity contribution in [2.45, 2.75) is 24.3 Å². The molecule has 2 rings (SSSR count). The number of nitrogens with one attached hydrogen (secondary N) is 1. The van der Waals surface area contributed by atoms with Crippen molar-refractivity contribution in [3.8, 4) is 0 Å². The first-order valence-corrected chi connectivity index (χ1v) is 6.41. The van der Waals surface area contributed by atoms with Gasteiger partial charge < -0.3 is 5.32 Å². The Morgan fingerprint density at radius 2 is 1.87 bits per heavy atom.